The van der Waals surface area contributed by atoms with E-state index in [0.717, 1.165) is 9.87 Å². The molecule has 0 aliphatic heterocycles. The van der Waals surface area contributed by atoms with Crippen LogP contribution in [-0.2, 0) is 32.6 Å². The number of nitrogens with zero attached hydrogens (tertiary/aromatic N) is 2. The zero-order valence-electron chi connectivity index (χ0n) is 26.5. The number of nitrogens with one attached hydrogen (secondary N) is 1. The molecule has 0 aliphatic carbocycles. The maximum atomic E-state index is 15.1. The molecule has 0 aromatic heterocycles. The Labute approximate surface area is 270 Å². The van der Waals surface area contributed by atoms with Crippen molar-refractivity contribution in [3.8, 4) is 5.75 Å². The van der Waals surface area contributed by atoms with Gasteiger partial charge in [-0.25, -0.2) is 12.8 Å². The van der Waals surface area contributed by atoms with Crippen LogP contribution in [0.1, 0.15) is 38.8 Å². The first-order chi connectivity index (χ1) is 21.9. The number of sulfonamides is 1. The number of carbonyl (C=O) groups excluding carboxylic acids is 2. The molecule has 2 amide bonds. The van der Waals surface area contributed by atoms with E-state index in [4.69, 9.17) is 4.74 Å². The van der Waals surface area contributed by atoms with E-state index in [0.29, 0.717) is 12.4 Å². The van der Waals surface area contributed by atoms with Crippen molar-refractivity contribution in [2.75, 3.05) is 17.5 Å². The van der Waals surface area contributed by atoms with E-state index in [1.54, 1.807) is 60.7 Å². The summed E-state index contributed by atoms with van der Waals surface area (Å²) in [4.78, 5) is 29.7. The lowest BCUT2D eigenvalue weighted by Crippen LogP contribution is -2.56. The van der Waals surface area contributed by atoms with E-state index in [1.807, 2.05) is 58.0 Å². The van der Waals surface area contributed by atoms with Gasteiger partial charge in [0.25, 0.3) is 10.0 Å². The second-order valence-corrected chi connectivity index (χ2v) is 13.7. The Morgan fingerprint density at radius 2 is 1.43 bits per heavy atom. The second kappa shape index (κ2) is 15.1. The summed E-state index contributed by atoms with van der Waals surface area (Å²) in [5.41, 5.74) is 0.563. The fourth-order valence-electron chi connectivity index (χ4n) is 4.94. The third-order valence-electron chi connectivity index (χ3n) is 7.11. The first-order valence-electron chi connectivity index (χ1n) is 15.1. The number of anilines is 1. The fraction of sp³-hybridized carbons (Fsp3) is 0.278. The molecule has 4 rings (SSSR count). The van der Waals surface area contributed by atoms with Crippen LogP contribution in [-0.4, -0.2) is 49.9 Å². The Morgan fingerprint density at radius 3 is 2.02 bits per heavy atom. The van der Waals surface area contributed by atoms with E-state index in [2.05, 4.69) is 5.32 Å². The summed E-state index contributed by atoms with van der Waals surface area (Å²) in [6.45, 7) is 6.84. The minimum absolute atomic E-state index is 0.0105. The molecule has 0 saturated heterocycles. The van der Waals surface area contributed by atoms with Crippen molar-refractivity contribution in [3.63, 3.8) is 0 Å². The van der Waals surface area contributed by atoms with Crippen LogP contribution in [0.2, 0.25) is 0 Å². The fourth-order valence-corrected chi connectivity index (χ4v) is 6.38. The van der Waals surface area contributed by atoms with Crippen LogP contribution in [0.5, 0.6) is 5.75 Å². The smallest absolute Gasteiger partial charge is 0.264 e. The average molecular weight is 646 g/mol. The van der Waals surface area contributed by atoms with Crippen molar-refractivity contribution in [1.82, 2.24) is 10.2 Å². The van der Waals surface area contributed by atoms with Gasteiger partial charge in [-0.2, -0.15) is 0 Å². The minimum Gasteiger partial charge on any atom is -0.494 e. The second-order valence-electron chi connectivity index (χ2n) is 11.8. The van der Waals surface area contributed by atoms with Crippen LogP contribution in [0, 0.1) is 5.82 Å². The normalized spacial score (nSPS) is 12.2. The summed E-state index contributed by atoms with van der Waals surface area (Å²) in [5, 5.41) is 2.96. The molecule has 0 bridgehead atoms. The molecule has 0 heterocycles. The van der Waals surface area contributed by atoms with Gasteiger partial charge in [-0.15, -0.1) is 0 Å². The lowest BCUT2D eigenvalue weighted by Gasteiger charge is -2.35. The summed E-state index contributed by atoms with van der Waals surface area (Å²) < 4.78 is 49.8. The lowest BCUT2D eigenvalue weighted by molar-refractivity contribution is -0.140. The van der Waals surface area contributed by atoms with Crippen LogP contribution in [0.25, 0.3) is 0 Å². The standard InChI is InChI=1S/C36H40FN3O5S/c1-5-45-30-22-20-29(21-23-30)40(46(43,44)31-17-10-7-11-18-31)26-34(41)39(25-28-16-12-13-19-32(28)37)33(35(42)38-36(2,3)4)24-27-14-8-6-9-15-27/h6-23,33H,5,24-26H2,1-4H3,(H,38,42)/t33-/m0/s1. The molecule has 0 saturated carbocycles. The molecule has 0 fully saturated rings. The molecule has 0 spiro atoms. The van der Waals surface area contributed by atoms with Crippen molar-refractivity contribution >= 4 is 27.5 Å². The van der Waals surface area contributed by atoms with E-state index in [1.165, 1.54) is 23.1 Å². The molecule has 242 valence electrons. The summed E-state index contributed by atoms with van der Waals surface area (Å²) in [5.74, 6) is -1.13. The number of ether oxygens (including phenoxy) is 1. The molecule has 0 unspecified atom stereocenters. The SMILES string of the molecule is CCOc1ccc(N(CC(=O)N(Cc2ccccc2F)[C@@H](Cc2ccccc2)C(=O)NC(C)(C)C)S(=O)(=O)c2ccccc2)cc1. The predicted octanol–water partition coefficient (Wildman–Crippen LogP) is 5.97. The number of rotatable bonds is 13. The summed E-state index contributed by atoms with van der Waals surface area (Å²) in [7, 11) is -4.25. The number of amides is 2. The van der Waals surface area contributed by atoms with Crippen molar-refractivity contribution < 1.29 is 27.1 Å². The molecular formula is C36H40FN3O5S. The first kappa shape index (κ1) is 34.2. The van der Waals surface area contributed by atoms with Gasteiger partial charge in [0.15, 0.2) is 0 Å². The Kier molecular flexibility index (Phi) is 11.2. The van der Waals surface area contributed by atoms with Gasteiger partial charge in [-0.05, 0) is 75.7 Å². The zero-order chi connectivity index (χ0) is 33.3. The summed E-state index contributed by atoms with van der Waals surface area (Å²) >= 11 is 0. The Hall–Kier alpha value is -4.70. The maximum absolute atomic E-state index is 15.1. The molecule has 4 aromatic carbocycles. The predicted molar refractivity (Wildman–Crippen MR) is 177 cm³/mol. The highest BCUT2D eigenvalue weighted by molar-refractivity contribution is 7.92. The van der Waals surface area contributed by atoms with Gasteiger partial charge < -0.3 is 15.0 Å². The van der Waals surface area contributed by atoms with Crippen molar-refractivity contribution in [2.45, 2.75) is 57.1 Å². The zero-order valence-corrected chi connectivity index (χ0v) is 27.3. The highest BCUT2D eigenvalue weighted by Crippen LogP contribution is 2.27. The van der Waals surface area contributed by atoms with Gasteiger partial charge >= 0.3 is 0 Å². The molecule has 1 atom stereocenters. The lowest BCUT2D eigenvalue weighted by atomic mass is 10.0. The molecule has 4 aromatic rings. The van der Waals surface area contributed by atoms with Crippen LogP contribution in [0.4, 0.5) is 10.1 Å². The topological polar surface area (TPSA) is 96.0 Å². The molecular weight excluding hydrogens is 605 g/mol. The number of carbonyl (C=O) groups is 2. The quantitative estimate of drug-likeness (QED) is 0.193. The number of hydrogen-bond donors (Lipinski definition) is 1. The number of hydrogen-bond acceptors (Lipinski definition) is 5. The average Bonchev–Trinajstić information content (AvgIpc) is 3.03. The Morgan fingerprint density at radius 1 is 0.848 bits per heavy atom. The molecule has 1 N–H and O–H groups in total. The third-order valence-corrected chi connectivity index (χ3v) is 8.90. The van der Waals surface area contributed by atoms with Crippen molar-refractivity contribution in [1.29, 1.82) is 0 Å². The molecule has 0 aliphatic rings. The largest absolute Gasteiger partial charge is 0.494 e. The van der Waals surface area contributed by atoms with Gasteiger partial charge in [0.2, 0.25) is 11.8 Å². The molecule has 8 nitrogen and oxygen atoms in total. The van der Waals surface area contributed by atoms with E-state index in [9.17, 15) is 18.0 Å². The summed E-state index contributed by atoms with van der Waals surface area (Å²) in [6.07, 6.45) is 0.122. The minimum atomic E-state index is -4.25. The molecule has 10 heteroatoms. The van der Waals surface area contributed by atoms with Crippen LogP contribution < -0.4 is 14.4 Å². The third kappa shape index (κ3) is 8.94. The van der Waals surface area contributed by atoms with Gasteiger partial charge in [0.1, 0.15) is 24.2 Å². The van der Waals surface area contributed by atoms with Gasteiger partial charge in [-0.3, -0.25) is 13.9 Å². The van der Waals surface area contributed by atoms with Crippen LogP contribution >= 0.6 is 0 Å². The van der Waals surface area contributed by atoms with Gasteiger partial charge in [0, 0.05) is 24.1 Å². The van der Waals surface area contributed by atoms with Gasteiger partial charge in [0.05, 0.1) is 17.2 Å². The maximum Gasteiger partial charge on any atom is 0.264 e. The molecule has 0 radical (unpaired) electrons. The van der Waals surface area contributed by atoms with Crippen molar-refractivity contribution in [2.24, 2.45) is 0 Å². The highest BCUT2D eigenvalue weighted by atomic mass is 32.2. The monoisotopic (exact) mass is 645 g/mol. The van der Waals surface area contributed by atoms with Crippen LogP contribution in [0.3, 0.4) is 0 Å². The Bertz CT molecular complexity index is 1710. The number of halogens is 1. The van der Waals surface area contributed by atoms with Crippen molar-refractivity contribution in [3.05, 3.63) is 126 Å². The first-order valence-corrected chi connectivity index (χ1v) is 16.5. The number of benzene rings is 4. The molecule has 46 heavy (non-hydrogen) atoms. The van der Waals surface area contributed by atoms with Gasteiger partial charge in [-0.1, -0.05) is 66.7 Å². The van der Waals surface area contributed by atoms with E-state index >= 15 is 4.39 Å². The highest BCUT2D eigenvalue weighted by Gasteiger charge is 2.36. The summed E-state index contributed by atoms with van der Waals surface area (Å²) in [6, 6.07) is 28.3. The van der Waals surface area contributed by atoms with E-state index < -0.39 is 45.8 Å². The Balaban J connectivity index is 1.82. The van der Waals surface area contributed by atoms with E-state index in [-0.39, 0.29) is 29.1 Å². The van der Waals surface area contributed by atoms with Crippen LogP contribution in [0.15, 0.2) is 114 Å².